The number of aliphatic hydroxyl groups is 1. The highest BCUT2D eigenvalue weighted by Crippen LogP contribution is 2.35. The third-order valence-electron chi connectivity index (χ3n) is 3.21. The predicted octanol–water partition coefficient (Wildman–Crippen LogP) is 0.00870. The number of hydrogen-bond acceptors (Lipinski definition) is 4. The molecule has 0 bridgehead atoms. The zero-order chi connectivity index (χ0) is 13.3. The summed E-state index contributed by atoms with van der Waals surface area (Å²) in [6.45, 7) is 5.61. The Morgan fingerprint density at radius 3 is 2.89 bits per heavy atom. The summed E-state index contributed by atoms with van der Waals surface area (Å²) in [6.07, 6.45) is 1.13. The standard InChI is InChI=1S/C12H16N2O4/c1-7(2)8-5-11(18-9(8)6-15)14-4-3-10(16)13-12(14)17/h3-4,8-9,11,15H,1,5-6H2,2H3,(H,13,16,17)/t8-,9-,11-/m1/s1. The van der Waals surface area contributed by atoms with E-state index in [4.69, 9.17) is 4.74 Å². The summed E-state index contributed by atoms with van der Waals surface area (Å²) in [5.74, 6) is 0.0128. The van der Waals surface area contributed by atoms with Crippen molar-refractivity contribution in [3.05, 3.63) is 45.3 Å². The molecular formula is C12H16N2O4. The maximum Gasteiger partial charge on any atom is 0.330 e. The SMILES string of the molecule is C=C(C)[C@H]1C[C@H](n2ccc(=O)[nH]c2=O)O[C@@H]1CO. The van der Waals surface area contributed by atoms with E-state index in [0.717, 1.165) is 5.57 Å². The van der Waals surface area contributed by atoms with Gasteiger partial charge in [0.1, 0.15) is 6.23 Å². The van der Waals surface area contributed by atoms with Crippen molar-refractivity contribution >= 4 is 0 Å². The van der Waals surface area contributed by atoms with Crippen molar-refractivity contribution < 1.29 is 9.84 Å². The second-order valence-corrected chi connectivity index (χ2v) is 4.52. The highest BCUT2D eigenvalue weighted by molar-refractivity contribution is 5.03. The topological polar surface area (TPSA) is 84.3 Å². The Bertz CT molecular complexity index is 560. The van der Waals surface area contributed by atoms with Gasteiger partial charge in [0.25, 0.3) is 5.56 Å². The van der Waals surface area contributed by atoms with Crippen LogP contribution in [0, 0.1) is 5.92 Å². The summed E-state index contributed by atoms with van der Waals surface area (Å²) in [6, 6.07) is 1.27. The highest BCUT2D eigenvalue weighted by Gasteiger charge is 2.36. The lowest BCUT2D eigenvalue weighted by Gasteiger charge is -2.15. The van der Waals surface area contributed by atoms with Crippen LogP contribution in [0.5, 0.6) is 0 Å². The van der Waals surface area contributed by atoms with Gasteiger partial charge >= 0.3 is 5.69 Å². The van der Waals surface area contributed by atoms with Gasteiger partial charge in [-0.2, -0.15) is 0 Å². The van der Waals surface area contributed by atoms with E-state index < -0.39 is 17.5 Å². The minimum absolute atomic E-state index is 0.0128. The van der Waals surface area contributed by atoms with E-state index in [1.807, 2.05) is 6.92 Å². The summed E-state index contributed by atoms with van der Waals surface area (Å²) in [4.78, 5) is 24.8. The quantitative estimate of drug-likeness (QED) is 0.742. The minimum atomic E-state index is -0.508. The van der Waals surface area contributed by atoms with Crippen LogP contribution < -0.4 is 11.2 Å². The second-order valence-electron chi connectivity index (χ2n) is 4.52. The van der Waals surface area contributed by atoms with E-state index in [1.165, 1.54) is 16.8 Å². The minimum Gasteiger partial charge on any atom is -0.394 e. The van der Waals surface area contributed by atoms with Gasteiger partial charge < -0.3 is 9.84 Å². The van der Waals surface area contributed by atoms with E-state index in [9.17, 15) is 14.7 Å². The lowest BCUT2D eigenvalue weighted by Crippen LogP contribution is -2.31. The summed E-state index contributed by atoms with van der Waals surface area (Å²) in [7, 11) is 0. The number of rotatable bonds is 3. The van der Waals surface area contributed by atoms with Crippen LogP contribution in [0.1, 0.15) is 19.6 Å². The normalized spacial score (nSPS) is 27.3. The van der Waals surface area contributed by atoms with Gasteiger partial charge in [-0.15, -0.1) is 0 Å². The molecule has 0 amide bonds. The van der Waals surface area contributed by atoms with Gasteiger partial charge in [-0.05, 0) is 6.92 Å². The van der Waals surface area contributed by atoms with Crippen LogP contribution in [0.3, 0.4) is 0 Å². The lowest BCUT2D eigenvalue weighted by molar-refractivity contribution is -0.0301. The molecule has 1 fully saturated rings. The first-order chi connectivity index (χ1) is 8.52. The van der Waals surface area contributed by atoms with E-state index >= 15 is 0 Å². The molecule has 1 aliphatic rings. The fourth-order valence-electron chi connectivity index (χ4n) is 2.24. The molecule has 18 heavy (non-hydrogen) atoms. The number of nitrogens with zero attached hydrogens (tertiary/aromatic N) is 1. The molecule has 6 nitrogen and oxygen atoms in total. The maximum absolute atomic E-state index is 11.6. The van der Waals surface area contributed by atoms with Crippen LogP contribution in [0.15, 0.2) is 34.0 Å². The lowest BCUT2D eigenvalue weighted by atomic mass is 9.94. The van der Waals surface area contributed by atoms with Gasteiger partial charge in [-0.3, -0.25) is 14.3 Å². The maximum atomic E-state index is 11.6. The van der Waals surface area contributed by atoms with Gasteiger partial charge in [0.2, 0.25) is 0 Å². The molecule has 0 aliphatic carbocycles. The molecule has 1 aromatic heterocycles. The molecule has 2 N–H and O–H groups in total. The van der Waals surface area contributed by atoms with Crippen LogP contribution in [0.25, 0.3) is 0 Å². The molecule has 3 atom stereocenters. The molecule has 0 radical (unpaired) electrons. The molecule has 0 spiro atoms. The summed E-state index contributed by atoms with van der Waals surface area (Å²) in [5, 5.41) is 9.25. The molecule has 6 heteroatoms. The average Bonchev–Trinajstić information content (AvgIpc) is 2.73. The average molecular weight is 252 g/mol. The number of nitrogens with one attached hydrogen (secondary N) is 1. The summed E-state index contributed by atoms with van der Waals surface area (Å²) in [5.41, 5.74) is -0.0371. The number of aromatic amines is 1. The molecule has 0 unspecified atom stereocenters. The molecule has 2 rings (SSSR count). The van der Waals surface area contributed by atoms with Crippen LogP contribution in [-0.4, -0.2) is 27.4 Å². The van der Waals surface area contributed by atoms with Crippen molar-refractivity contribution in [1.82, 2.24) is 9.55 Å². The molecule has 0 aromatic carbocycles. The first-order valence-electron chi connectivity index (χ1n) is 5.76. The van der Waals surface area contributed by atoms with E-state index in [1.54, 1.807) is 0 Å². The molecule has 98 valence electrons. The van der Waals surface area contributed by atoms with Crippen molar-refractivity contribution in [3.63, 3.8) is 0 Å². The molecule has 1 saturated heterocycles. The summed E-state index contributed by atoms with van der Waals surface area (Å²) < 4.78 is 6.95. The van der Waals surface area contributed by atoms with Crippen LogP contribution in [0.2, 0.25) is 0 Å². The fraction of sp³-hybridized carbons (Fsp3) is 0.500. The molecular weight excluding hydrogens is 236 g/mol. The third-order valence-corrected chi connectivity index (χ3v) is 3.21. The van der Waals surface area contributed by atoms with Gasteiger partial charge in [0, 0.05) is 24.6 Å². The Morgan fingerprint density at radius 2 is 2.39 bits per heavy atom. The predicted molar refractivity (Wildman–Crippen MR) is 65.2 cm³/mol. The van der Waals surface area contributed by atoms with E-state index in [2.05, 4.69) is 11.6 Å². The zero-order valence-corrected chi connectivity index (χ0v) is 10.1. The van der Waals surface area contributed by atoms with Crippen molar-refractivity contribution in [3.8, 4) is 0 Å². The Kier molecular flexibility index (Phi) is 3.49. The molecule has 2 heterocycles. The Hall–Kier alpha value is -1.66. The van der Waals surface area contributed by atoms with Crippen LogP contribution in [-0.2, 0) is 4.74 Å². The number of aromatic nitrogens is 2. The van der Waals surface area contributed by atoms with Crippen LogP contribution in [0.4, 0.5) is 0 Å². The van der Waals surface area contributed by atoms with Crippen molar-refractivity contribution in [1.29, 1.82) is 0 Å². The Morgan fingerprint density at radius 1 is 1.67 bits per heavy atom. The number of H-pyrrole nitrogens is 1. The number of ether oxygens (including phenoxy) is 1. The molecule has 0 saturated carbocycles. The summed E-state index contributed by atoms with van der Waals surface area (Å²) >= 11 is 0. The zero-order valence-electron chi connectivity index (χ0n) is 10.1. The monoisotopic (exact) mass is 252 g/mol. The number of hydrogen-bond donors (Lipinski definition) is 2. The molecule has 1 aliphatic heterocycles. The van der Waals surface area contributed by atoms with Crippen molar-refractivity contribution in [2.24, 2.45) is 5.92 Å². The fourth-order valence-corrected chi connectivity index (χ4v) is 2.24. The van der Waals surface area contributed by atoms with E-state index in [-0.39, 0.29) is 18.6 Å². The second kappa shape index (κ2) is 4.91. The van der Waals surface area contributed by atoms with Crippen LogP contribution >= 0.6 is 0 Å². The first-order valence-corrected chi connectivity index (χ1v) is 5.76. The molecule has 1 aromatic rings. The number of aliphatic hydroxyl groups excluding tert-OH is 1. The smallest absolute Gasteiger partial charge is 0.330 e. The highest BCUT2D eigenvalue weighted by atomic mass is 16.5. The van der Waals surface area contributed by atoms with Gasteiger partial charge in [0.05, 0.1) is 12.7 Å². The Labute approximate surface area is 104 Å². The largest absolute Gasteiger partial charge is 0.394 e. The van der Waals surface area contributed by atoms with E-state index in [0.29, 0.717) is 6.42 Å². The van der Waals surface area contributed by atoms with Gasteiger partial charge in [-0.1, -0.05) is 12.2 Å². The van der Waals surface area contributed by atoms with Gasteiger partial charge in [0.15, 0.2) is 0 Å². The Balaban J connectivity index is 2.28. The van der Waals surface area contributed by atoms with Crippen molar-refractivity contribution in [2.45, 2.75) is 25.7 Å². The first kappa shape index (κ1) is 12.8. The van der Waals surface area contributed by atoms with Crippen molar-refractivity contribution in [2.75, 3.05) is 6.61 Å². The third kappa shape index (κ3) is 2.30. The van der Waals surface area contributed by atoms with Gasteiger partial charge in [-0.25, -0.2) is 4.79 Å².